The van der Waals surface area contributed by atoms with Crippen molar-refractivity contribution in [1.82, 2.24) is 0 Å². The minimum Gasteiger partial charge on any atom is -0.505 e. The molecule has 3 nitrogen and oxygen atoms in total. The lowest BCUT2D eigenvalue weighted by molar-refractivity contribution is 0.412. The quantitative estimate of drug-likeness (QED) is 0.563. The second kappa shape index (κ2) is 5.61. The van der Waals surface area contributed by atoms with Crippen LogP contribution in [0.15, 0.2) is 12.1 Å². The molecule has 2 rings (SSSR count). The molecule has 1 aromatic carbocycles. The van der Waals surface area contributed by atoms with E-state index in [-0.39, 0.29) is 24.2 Å². The number of aryl methyl sites for hydroxylation is 1. The van der Waals surface area contributed by atoms with Crippen LogP contribution >= 0.6 is 12.4 Å². The third-order valence-electron chi connectivity index (χ3n) is 3.71. The minimum absolute atomic E-state index is 0. The molecule has 5 N–H and O–H groups in total. The van der Waals surface area contributed by atoms with Gasteiger partial charge >= 0.3 is 0 Å². The molecule has 1 aliphatic carbocycles. The van der Waals surface area contributed by atoms with Crippen molar-refractivity contribution in [3.63, 3.8) is 0 Å². The van der Waals surface area contributed by atoms with Gasteiger partial charge in [-0.3, -0.25) is 0 Å². The predicted molar refractivity (Wildman–Crippen MR) is 73.4 cm³/mol. The summed E-state index contributed by atoms with van der Waals surface area (Å²) >= 11 is 0. The number of phenols is 1. The Balaban J connectivity index is 0.00000144. The molecule has 1 atom stereocenters. The Bertz CT molecular complexity index is 389. The van der Waals surface area contributed by atoms with Crippen LogP contribution < -0.4 is 11.5 Å². The summed E-state index contributed by atoms with van der Waals surface area (Å²) in [5, 5.41) is 10.0. The molecule has 0 unspecified atom stereocenters. The van der Waals surface area contributed by atoms with E-state index in [9.17, 15) is 5.11 Å². The van der Waals surface area contributed by atoms with Crippen molar-refractivity contribution in [2.24, 2.45) is 11.7 Å². The summed E-state index contributed by atoms with van der Waals surface area (Å²) in [6.45, 7) is 1.98. The van der Waals surface area contributed by atoms with E-state index < -0.39 is 0 Å². The first kappa shape index (κ1) is 14.1. The van der Waals surface area contributed by atoms with Gasteiger partial charge in [0.2, 0.25) is 0 Å². The number of nitrogens with two attached hydrogens (primary N) is 2. The van der Waals surface area contributed by atoms with Crippen molar-refractivity contribution in [1.29, 1.82) is 0 Å². The van der Waals surface area contributed by atoms with Gasteiger partial charge in [-0.1, -0.05) is 18.9 Å². The zero-order valence-corrected chi connectivity index (χ0v) is 11.0. The van der Waals surface area contributed by atoms with Crippen LogP contribution in [0.4, 0.5) is 5.69 Å². The van der Waals surface area contributed by atoms with Crippen molar-refractivity contribution < 1.29 is 5.11 Å². The van der Waals surface area contributed by atoms with Crippen molar-refractivity contribution in [3.05, 3.63) is 23.3 Å². The molecule has 0 spiro atoms. The molecule has 1 fully saturated rings. The summed E-state index contributed by atoms with van der Waals surface area (Å²) in [5.74, 6) is 0.672. The first-order valence-electron chi connectivity index (χ1n) is 5.94. The summed E-state index contributed by atoms with van der Waals surface area (Å²) in [4.78, 5) is 0. The Hall–Kier alpha value is -0.930. The van der Waals surface area contributed by atoms with Gasteiger partial charge in [-0.25, -0.2) is 0 Å². The molecule has 1 aromatic rings. The maximum absolute atomic E-state index is 10.0. The van der Waals surface area contributed by atoms with Crippen LogP contribution in [0.5, 0.6) is 5.75 Å². The van der Waals surface area contributed by atoms with E-state index in [0.717, 1.165) is 24.0 Å². The standard InChI is InChI=1S/C13H20N2O.ClH/c1-8-6-7-10(14)13(16)11(8)12(15)9-4-2-3-5-9;/h6-7,9,12,16H,2-5,14-15H2,1H3;1H/t12-;/m0./s1. The van der Waals surface area contributed by atoms with E-state index in [2.05, 4.69) is 0 Å². The largest absolute Gasteiger partial charge is 0.505 e. The van der Waals surface area contributed by atoms with E-state index in [1.165, 1.54) is 12.8 Å². The first-order chi connectivity index (χ1) is 7.61. The van der Waals surface area contributed by atoms with Crippen LogP contribution in [-0.2, 0) is 0 Å². The molecule has 0 aliphatic heterocycles. The number of phenolic OH excluding ortho intramolecular Hbond substituents is 1. The minimum atomic E-state index is -0.0778. The molecule has 0 aromatic heterocycles. The van der Waals surface area contributed by atoms with Crippen LogP contribution in [0.25, 0.3) is 0 Å². The maximum atomic E-state index is 10.0. The van der Waals surface area contributed by atoms with Crippen LogP contribution in [0.3, 0.4) is 0 Å². The molecule has 0 bridgehead atoms. The molecule has 1 saturated carbocycles. The lowest BCUT2D eigenvalue weighted by atomic mass is 9.89. The molecule has 0 amide bonds. The second-order valence-corrected chi connectivity index (χ2v) is 4.80. The van der Waals surface area contributed by atoms with Gasteiger partial charge in [0.25, 0.3) is 0 Å². The number of anilines is 1. The monoisotopic (exact) mass is 256 g/mol. The van der Waals surface area contributed by atoms with Crippen LogP contribution in [0.2, 0.25) is 0 Å². The molecular formula is C13H21ClN2O. The van der Waals surface area contributed by atoms with E-state index in [0.29, 0.717) is 11.6 Å². The second-order valence-electron chi connectivity index (χ2n) is 4.80. The lowest BCUT2D eigenvalue weighted by Crippen LogP contribution is -2.20. The van der Waals surface area contributed by atoms with Gasteiger partial charge in [0.15, 0.2) is 0 Å². The summed E-state index contributed by atoms with van der Waals surface area (Å²) < 4.78 is 0. The highest BCUT2D eigenvalue weighted by Gasteiger charge is 2.26. The normalized spacial score (nSPS) is 17.8. The molecular weight excluding hydrogens is 236 g/mol. The topological polar surface area (TPSA) is 72.3 Å². The number of rotatable bonds is 2. The molecule has 0 radical (unpaired) electrons. The maximum Gasteiger partial charge on any atom is 0.143 e. The third kappa shape index (κ3) is 2.67. The van der Waals surface area contributed by atoms with E-state index in [1.54, 1.807) is 6.07 Å². The fourth-order valence-electron chi connectivity index (χ4n) is 2.70. The molecule has 0 saturated heterocycles. The van der Waals surface area contributed by atoms with Crippen molar-refractivity contribution in [3.8, 4) is 5.75 Å². The van der Waals surface area contributed by atoms with E-state index in [1.807, 2.05) is 13.0 Å². The van der Waals surface area contributed by atoms with Gasteiger partial charge in [-0.15, -0.1) is 12.4 Å². The number of halogens is 1. The fourth-order valence-corrected chi connectivity index (χ4v) is 2.70. The van der Waals surface area contributed by atoms with Crippen molar-refractivity contribution >= 4 is 18.1 Å². The van der Waals surface area contributed by atoms with Crippen LogP contribution in [0, 0.1) is 12.8 Å². The Morgan fingerprint density at radius 1 is 1.29 bits per heavy atom. The summed E-state index contributed by atoms with van der Waals surface area (Å²) in [7, 11) is 0. The summed E-state index contributed by atoms with van der Waals surface area (Å²) in [5.41, 5.74) is 14.3. The Morgan fingerprint density at radius 2 is 1.88 bits per heavy atom. The Kier molecular flexibility index (Phi) is 4.66. The van der Waals surface area contributed by atoms with Gasteiger partial charge in [-0.2, -0.15) is 0 Å². The van der Waals surface area contributed by atoms with Crippen molar-refractivity contribution in [2.75, 3.05) is 5.73 Å². The number of hydrogen-bond acceptors (Lipinski definition) is 3. The predicted octanol–water partition coefficient (Wildman–Crippen LogP) is 2.89. The van der Waals surface area contributed by atoms with E-state index >= 15 is 0 Å². The average molecular weight is 257 g/mol. The first-order valence-corrected chi connectivity index (χ1v) is 5.94. The molecule has 17 heavy (non-hydrogen) atoms. The molecule has 4 heteroatoms. The van der Waals surface area contributed by atoms with Gasteiger partial charge in [0.1, 0.15) is 5.75 Å². The van der Waals surface area contributed by atoms with Crippen LogP contribution in [0.1, 0.15) is 42.9 Å². The molecule has 1 aliphatic rings. The number of aromatic hydroxyl groups is 1. The molecule has 96 valence electrons. The highest BCUT2D eigenvalue weighted by molar-refractivity contribution is 5.85. The number of hydrogen-bond donors (Lipinski definition) is 3. The van der Waals surface area contributed by atoms with Crippen LogP contribution in [-0.4, -0.2) is 5.11 Å². The number of nitrogen functional groups attached to an aromatic ring is 1. The van der Waals surface area contributed by atoms with E-state index in [4.69, 9.17) is 11.5 Å². The lowest BCUT2D eigenvalue weighted by Gasteiger charge is -2.22. The zero-order valence-electron chi connectivity index (χ0n) is 10.1. The highest BCUT2D eigenvalue weighted by atomic mass is 35.5. The van der Waals surface area contributed by atoms with Gasteiger partial charge in [0, 0.05) is 11.6 Å². The van der Waals surface area contributed by atoms with Gasteiger partial charge in [0.05, 0.1) is 5.69 Å². The Morgan fingerprint density at radius 3 is 2.47 bits per heavy atom. The zero-order chi connectivity index (χ0) is 11.7. The summed E-state index contributed by atoms with van der Waals surface area (Å²) in [6.07, 6.45) is 4.82. The smallest absolute Gasteiger partial charge is 0.143 e. The van der Waals surface area contributed by atoms with Crippen molar-refractivity contribution in [2.45, 2.75) is 38.6 Å². The fraction of sp³-hybridized carbons (Fsp3) is 0.538. The third-order valence-corrected chi connectivity index (χ3v) is 3.71. The van der Waals surface area contributed by atoms with Gasteiger partial charge < -0.3 is 16.6 Å². The summed E-state index contributed by atoms with van der Waals surface area (Å²) in [6, 6.07) is 3.58. The highest BCUT2D eigenvalue weighted by Crippen LogP contribution is 2.40. The Labute approximate surface area is 109 Å². The number of benzene rings is 1. The molecule has 0 heterocycles. The SMILES string of the molecule is Cc1ccc(N)c(O)c1[C@@H](N)C1CCCC1.Cl. The average Bonchev–Trinajstić information content (AvgIpc) is 2.77. The van der Waals surface area contributed by atoms with Gasteiger partial charge in [-0.05, 0) is 37.3 Å².